The number of carbonyl (C=O) groups excluding carboxylic acids is 2. The average Bonchev–Trinajstić information content (AvgIpc) is 3.44. The number of sulfone groups is 1. The van der Waals surface area contributed by atoms with Crippen molar-refractivity contribution >= 4 is 33.0 Å². The van der Waals surface area contributed by atoms with Crippen molar-refractivity contribution in [2.75, 3.05) is 17.7 Å². The molecule has 0 bridgehead atoms. The van der Waals surface area contributed by atoms with Crippen molar-refractivity contribution in [1.29, 1.82) is 0 Å². The molecule has 2 amide bonds. The van der Waals surface area contributed by atoms with Crippen LogP contribution in [0.2, 0.25) is 0 Å². The Kier molecular flexibility index (Phi) is 7.60. The zero-order valence-corrected chi connectivity index (χ0v) is 26.0. The SMILES string of the molecule is CC(C)[C@H]1N(C(=O)CC(C)(C)C)CC[C@]12C(=O)N(c1cccc(-c3ccc(CO)c(S(C)(=O)=O)c3)c1)c1ccccc12. The summed E-state index contributed by atoms with van der Waals surface area (Å²) < 4.78 is 24.9. The summed E-state index contributed by atoms with van der Waals surface area (Å²) >= 11 is 0. The summed E-state index contributed by atoms with van der Waals surface area (Å²) in [6.45, 7) is 10.5. The molecule has 2 atom stereocenters. The molecule has 0 aromatic heterocycles. The molecule has 1 N–H and O–H groups in total. The number of para-hydroxylation sites is 1. The van der Waals surface area contributed by atoms with E-state index in [9.17, 15) is 23.1 Å². The van der Waals surface area contributed by atoms with Gasteiger partial charge in [0.1, 0.15) is 0 Å². The smallest absolute Gasteiger partial charge is 0.244 e. The van der Waals surface area contributed by atoms with E-state index in [0.29, 0.717) is 36.2 Å². The minimum Gasteiger partial charge on any atom is -0.392 e. The number of anilines is 2. The number of aliphatic hydroxyl groups is 1. The van der Waals surface area contributed by atoms with Crippen molar-refractivity contribution in [1.82, 2.24) is 4.90 Å². The number of aliphatic hydroxyl groups excluding tert-OH is 1. The average molecular weight is 589 g/mol. The Hall–Kier alpha value is -3.49. The highest BCUT2D eigenvalue weighted by Gasteiger charge is 2.62. The molecular formula is C34H40N2O5S. The second kappa shape index (κ2) is 10.7. The highest BCUT2D eigenvalue weighted by Crippen LogP contribution is 2.55. The fraction of sp³-hybridized carbons (Fsp3) is 0.412. The normalized spacial score (nSPS) is 20.6. The van der Waals surface area contributed by atoms with Crippen molar-refractivity contribution < 1.29 is 23.1 Å². The largest absolute Gasteiger partial charge is 0.392 e. The van der Waals surface area contributed by atoms with Crippen LogP contribution < -0.4 is 4.90 Å². The van der Waals surface area contributed by atoms with Crippen LogP contribution >= 0.6 is 0 Å². The lowest BCUT2D eigenvalue weighted by Gasteiger charge is -2.38. The molecule has 1 saturated heterocycles. The quantitative estimate of drug-likeness (QED) is 0.389. The van der Waals surface area contributed by atoms with E-state index in [0.717, 1.165) is 23.1 Å². The highest BCUT2D eigenvalue weighted by molar-refractivity contribution is 7.90. The van der Waals surface area contributed by atoms with Gasteiger partial charge < -0.3 is 10.0 Å². The third kappa shape index (κ3) is 5.05. The maximum absolute atomic E-state index is 14.8. The topological polar surface area (TPSA) is 95.0 Å². The molecule has 0 aliphatic carbocycles. The van der Waals surface area contributed by atoms with Crippen LogP contribution in [0.5, 0.6) is 0 Å². The summed E-state index contributed by atoms with van der Waals surface area (Å²) in [6, 6.07) is 20.1. The van der Waals surface area contributed by atoms with E-state index in [4.69, 9.17) is 0 Å². The maximum Gasteiger partial charge on any atom is 0.244 e. The predicted octanol–water partition coefficient (Wildman–Crippen LogP) is 5.86. The van der Waals surface area contributed by atoms with Gasteiger partial charge in [0.2, 0.25) is 11.8 Å². The van der Waals surface area contributed by atoms with Gasteiger partial charge in [-0.1, -0.05) is 77.1 Å². The molecule has 3 aromatic rings. The first-order valence-electron chi connectivity index (χ1n) is 14.5. The van der Waals surface area contributed by atoms with Gasteiger partial charge in [0, 0.05) is 24.9 Å². The Bertz CT molecular complexity index is 1660. The fourth-order valence-electron chi connectivity index (χ4n) is 6.90. The summed E-state index contributed by atoms with van der Waals surface area (Å²) in [5.41, 5.74) is 3.17. The molecule has 0 radical (unpaired) electrons. The minimum absolute atomic E-state index is 0.0435. The lowest BCUT2D eigenvalue weighted by molar-refractivity contribution is -0.136. The molecule has 3 aromatic carbocycles. The van der Waals surface area contributed by atoms with Crippen LogP contribution in [0.25, 0.3) is 11.1 Å². The summed E-state index contributed by atoms with van der Waals surface area (Å²) in [4.78, 5) is 32.1. The number of rotatable bonds is 6. The van der Waals surface area contributed by atoms with E-state index < -0.39 is 15.3 Å². The second-order valence-electron chi connectivity index (χ2n) is 13.2. The van der Waals surface area contributed by atoms with Gasteiger partial charge in [-0.25, -0.2) is 8.42 Å². The van der Waals surface area contributed by atoms with E-state index in [1.165, 1.54) is 0 Å². The predicted molar refractivity (Wildman–Crippen MR) is 165 cm³/mol. The molecule has 2 aliphatic rings. The Morgan fingerprint density at radius 2 is 1.71 bits per heavy atom. The van der Waals surface area contributed by atoms with E-state index in [-0.39, 0.29) is 40.7 Å². The van der Waals surface area contributed by atoms with Crippen LogP contribution in [0.15, 0.2) is 71.6 Å². The van der Waals surface area contributed by atoms with Crippen LogP contribution in [-0.2, 0) is 31.4 Å². The van der Waals surface area contributed by atoms with Gasteiger partial charge in [-0.05, 0) is 64.3 Å². The van der Waals surface area contributed by atoms with Crippen LogP contribution in [-0.4, -0.2) is 49.1 Å². The Morgan fingerprint density at radius 1 is 1.02 bits per heavy atom. The third-order valence-corrected chi connectivity index (χ3v) is 9.69. The molecule has 2 aliphatic heterocycles. The van der Waals surface area contributed by atoms with E-state index >= 15 is 0 Å². The van der Waals surface area contributed by atoms with Gasteiger partial charge in [-0.15, -0.1) is 0 Å². The molecular weight excluding hydrogens is 548 g/mol. The molecule has 7 nitrogen and oxygen atoms in total. The van der Waals surface area contributed by atoms with Crippen LogP contribution in [0.4, 0.5) is 11.4 Å². The molecule has 0 unspecified atom stereocenters. The van der Waals surface area contributed by atoms with E-state index in [1.54, 1.807) is 23.1 Å². The van der Waals surface area contributed by atoms with Gasteiger partial charge in [-0.2, -0.15) is 0 Å². The summed E-state index contributed by atoms with van der Waals surface area (Å²) in [5, 5.41) is 9.69. The van der Waals surface area contributed by atoms with Crippen molar-refractivity contribution in [2.24, 2.45) is 11.3 Å². The van der Waals surface area contributed by atoms with Gasteiger partial charge >= 0.3 is 0 Å². The minimum atomic E-state index is -3.56. The summed E-state index contributed by atoms with van der Waals surface area (Å²) in [7, 11) is -3.56. The van der Waals surface area contributed by atoms with Crippen molar-refractivity contribution in [3.8, 4) is 11.1 Å². The third-order valence-electron chi connectivity index (χ3n) is 8.51. The number of likely N-dealkylation sites (tertiary alicyclic amines) is 1. The first-order valence-corrected chi connectivity index (χ1v) is 16.4. The molecule has 0 saturated carbocycles. The fourth-order valence-corrected chi connectivity index (χ4v) is 7.85. The number of amides is 2. The lowest BCUT2D eigenvalue weighted by Crippen LogP contribution is -2.53. The number of hydrogen-bond acceptors (Lipinski definition) is 5. The van der Waals surface area contributed by atoms with Gasteiger partial charge in [0.15, 0.2) is 9.84 Å². The van der Waals surface area contributed by atoms with Crippen molar-refractivity contribution in [2.45, 2.75) is 70.4 Å². The molecule has 1 spiro atoms. The highest BCUT2D eigenvalue weighted by atomic mass is 32.2. The van der Waals surface area contributed by atoms with Gasteiger partial charge in [0.25, 0.3) is 0 Å². The monoisotopic (exact) mass is 588 g/mol. The number of benzene rings is 3. The standard InChI is InChI=1S/C34H40N2O5S/c1-22(2)31-34(16-17-35(31)30(38)20-33(3,4)5)27-12-7-8-13-28(27)36(32(34)39)26-11-9-10-23(18-26)24-14-15-25(21-37)29(19-24)42(6,40)41/h7-15,18-19,22,31,37H,16-17,20-21H2,1-6H3/t31-,34-/m1/s1. The number of hydrogen-bond donors (Lipinski definition) is 1. The molecule has 222 valence electrons. The van der Waals surface area contributed by atoms with Crippen LogP contribution in [0.3, 0.4) is 0 Å². The first kappa shape index (κ1) is 30.0. The van der Waals surface area contributed by atoms with Crippen LogP contribution in [0.1, 0.15) is 58.6 Å². The summed E-state index contributed by atoms with van der Waals surface area (Å²) in [6.07, 6.45) is 2.10. The Morgan fingerprint density at radius 3 is 2.36 bits per heavy atom. The molecule has 1 fully saturated rings. The number of nitrogens with zero attached hydrogens (tertiary/aromatic N) is 2. The number of carbonyl (C=O) groups is 2. The molecule has 8 heteroatoms. The molecule has 2 heterocycles. The van der Waals surface area contributed by atoms with E-state index in [1.807, 2.05) is 53.4 Å². The Labute approximate surface area is 249 Å². The zero-order valence-electron chi connectivity index (χ0n) is 25.2. The second-order valence-corrected chi connectivity index (χ2v) is 15.2. The lowest BCUT2D eigenvalue weighted by atomic mass is 9.71. The molecule has 5 rings (SSSR count). The summed E-state index contributed by atoms with van der Waals surface area (Å²) in [5.74, 6) is 0.0917. The number of fused-ring (bicyclic) bond motifs is 2. The van der Waals surface area contributed by atoms with Crippen molar-refractivity contribution in [3.05, 3.63) is 77.9 Å². The van der Waals surface area contributed by atoms with Crippen molar-refractivity contribution in [3.63, 3.8) is 0 Å². The van der Waals surface area contributed by atoms with Gasteiger partial charge in [-0.3, -0.25) is 14.5 Å². The maximum atomic E-state index is 14.8. The Balaban J connectivity index is 1.60. The first-order chi connectivity index (χ1) is 19.7. The van der Waals surface area contributed by atoms with Crippen LogP contribution in [0, 0.1) is 11.3 Å². The zero-order chi connectivity index (χ0) is 30.6. The van der Waals surface area contributed by atoms with Gasteiger partial charge in [0.05, 0.1) is 28.6 Å². The molecule has 42 heavy (non-hydrogen) atoms. The van der Waals surface area contributed by atoms with E-state index in [2.05, 4.69) is 34.6 Å².